The molecular formula is C16H14BrNO2S. The van der Waals surface area contributed by atoms with Crippen molar-refractivity contribution in [2.24, 2.45) is 0 Å². The zero-order valence-electron chi connectivity index (χ0n) is 11.4. The molecule has 5 heteroatoms. The Bertz CT molecular complexity index is 713. The van der Waals surface area contributed by atoms with Gasteiger partial charge < -0.3 is 10.4 Å². The Balaban J connectivity index is 2.23. The number of benzene rings is 1. The molecular weight excluding hydrogens is 350 g/mol. The van der Waals surface area contributed by atoms with Gasteiger partial charge in [-0.3, -0.25) is 4.79 Å². The molecule has 0 bridgehead atoms. The van der Waals surface area contributed by atoms with Crippen LogP contribution in [0.2, 0.25) is 0 Å². The summed E-state index contributed by atoms with van der Waals surface area (Å²) in [5.41, 5.74) is 3.12. The van der Waals surface area contributed by atoms with E-state index in [1.807, 2.05) is 25.1 Å². The van der Waals surface area contributed by atoms with Crippen molar-refractivity contribution in [1.82, 2.24) is 0 Å². The number of hydrogen-bond donors (Lipinski definition) is 2. The van der Waals surface area contributed by atoms with Crippen LogP contribution in [-0.4, -0.2) is 17.6 Å². The number of aryl methyl sites for hydroxylation is 1. The van der Waals surface area contributed by atoms with Crippen LogP contribution < -0.4 is 5.32 Å². The molecule has 0 unspecified atom stereocenters. The average molecular weight is 364 g/mol. The number of aliphatic hydroxyl groups excluding tert-OH is 1. The first-order valence-electron chi connectivity index (χ1n) is 6.36. The van der Waals surface area contributed by atoms with Gasteiger partial charge in [0.05, 0.1) is 21.6 Å². The molecule has 108 valence electrons. The molecule has 1 amide bonds. The maximum absolute atomic E-state index is 12.2. The summed E-state index contributed by atoms with van der Waals surface area (Å²) in [6.07, 6.45) is 0.415. The van der Waals surface area contributed by atoms with Gasteiger partial charge in [0.15, 0.2) is 0 Å². The van der Waals surface area contributed by atoms with Gasteiger partial charge in [-0.1, -0.05) is 17.9 Å². The molecule has 1 aromatic carbocycles. The van der Waals surface area contributed by atoms with Crippen molar-refractivity contribution in [1.29, 1.82) is 0 Å². The number of amides is 1. The lowest BCUT2D eigenvalue weighted by molar-refractivity contribution is 0.102. The highest BCUT2D eigenvalue weighted by Gasteiger charge is 2.10. The number of carbonyl (C=O) groups is 1. The van der Waals surface area contributed by atoms with E-state index in [9.17, 15) is 4.79 Å². The predicted octanol–water partition coefficient (Wildman–Crippen LogP) is 3.81. The summed E-state index contributed by atoms with van der Waals surface area (Å²) in [4.78, 5) is 12.2. The van der Waals surface area contributed by atoms with E-state index in [0.717, 1.165) is 14.9 Å². The fraction of sp³-hybridized carbons (Fsp3) is 0.188. The first kappa shape index (κ1) is 15.8. The van der Waals surface area contributed by atoms with Gasteiger partial charge in [0, 0.05) is 17.4 Å². The van der Waals surface area contributed by atoms with E-state index < -0.39 is 0 Å². The predicted molar refractivity (Wildman–Crippen MR) is 89.7 cm³/mol. The van der Waals surface area contributed by atoms with Crippen molar-refractivity contribution in [3.05, 3.63) is 50.1 Å². The maximum atomic E-state index is 12.2. The lowest BCUT2D eigenvalue weighted by atomic mass is 10.1. The summed E-state index contributed by atoms with van der Waals surface area (Å²) < 4.78 is 0.916. The lowest BCUT2D eigenvalue weighted by Gasteiger charge is -2.07. The number of hydrogen-bond acceptors (Lipinski definition) is 3. The van der Waals surface area contributed by atoms with Gasteiger partial charge in [-0.05, 0) is 46.6 Å². The smallest absolute Gasteiger partial charge is 0.256 e. The lowest BCUT2D eigenvalue weighted by Crippen LogP contribution is -2.12. The first-order valence-corrected chi connectivity index (χ1v) is 8.03. The first-order chi connectivity index (χ1) is 10.1. The van der Waals surface area contributed by atoms with Crippen LogP contribution in [0, 0.1) is 18.8 Å². The van der Waals surface area contributed by atoms with Gasteiger partial charge in [-0.2, -0.15) is 0 Å². The van der Waals surface area contributed by atoms with Gasteiger partial charge in [0.1, 0.15) is 0 Å². The van der Waals surface area contributed by atoms with Crippen LogP contribution in [-0.2, 0) is 0 Å². The van der Waals surface area contributed by atoms with Crippen LogP contribution in [0.3, 0.4) is 0 Å². The zero-order valence-corrected chi connectivity index (χ0v) is 13.8. The summed E-state index contributed by atoms with van der Waals surface area (Å²) in [5, 5.41) is 13.5. The van der Waals surface area contributed by atoms with Crippen LogP contribution in [0.5, 0.6) is 0 Å². The number of anilines is 1. The highest BCUT2D eigenvalue weighted by Crippen LogP contribution is 2.23. The topological polar surface area (TPSA) is 49.3 Å². The highest BCUT2D eigenvalue weighted by atomic mass is 79.9. The minimum Gasteiger partial charge on any atom is -0.395 e. The van der Waals surface area contributed by atoms with E-state index in [4.69, 9.17) is 5.11 Å². The third-order valence-corrected chi connectivity index (χ3v) is 4.22. The number of thiophene rings is 1. The molecule has 1 aromatic heterocycles. The maximum Gasteiger partial charge on any atom is 0.256 e. The van der Waals surface area contributed by atoms with Crippen molar-refractivity contribution in [3.63, 3.8) is 0 Å². The molecule has 1 heterocycles. The summed E-state index contributed by atoms with van der Waals surface area (Å²) in [5.74, 6) is 5.70. The average Bonchev–Trinajstić information content (AvgIpc) is 2.88. The molecule has 0 spiro atoms. The van der Waals surface area contributed by atoms with Gasteiger partial charge in [-0.15, -0.1) is 11.3 Å². The number of carbonyl (C=O) groups excluding carboxylic acids is 1. The van der Waals surface area contributed by atoms with E-state index in [-0.39, 0.29) is 12.5 Å². The molecule has 2 aromatic rings. The molecule has 2 rings (SSSR count). The summed E-state index contributed by atoms with van der Waals surface area (Å²) in [7, 11) is 0. The number of nitrogens with one attached hydrogen (secondary N) is 1. The van der Waals surface area contributed by atoms with Crippen LogP contribution >= 0.6 is 27.3 Å². The zero-order chi connectivity index (χ0) is 15.2. The molecule has 0 aliphatic rings. The minimum absolute atomic E-state index is 0.0312. The minimum atomic E-state index is -0.161. The summed E-state index contributed by atoms with van der Waals surface area (Å²) in [6.45, 7) is 2.00. The fourth-order valence-corrected chi connectivity index (χ4v) is 2.84. The second-order valence-corrected chi connectivity index (χ2v) is 6.71. The second kappa shape index (κ2) is 7.41. The normalized spacial score (nSPS) is 9.86. The van der Waals surface area contributed by atoms with E-state index in [1.54, 1.807) is 11.4 Å². The van der Waals surface area contributed by atoms with Crippen LogP contribution in [0.1, 0.15) is 27.9 Å². The van der Waals surface area contributed by atoms with Crippen molar-refractivity contribution < 1.29 is 9.90 Å². The molecule has 0 saturated carbocycles. The Hall–Kier alpha value is -1.61. The Morgan fingerprint density at radius 1 is 1.43 bits per heavy atom. The third-order valence-electron chi connectivity index (χ3n) is 2.71. The monoisotopic (exact) mass is 363 g/mol. The molecule has 0 aliphatic heterocycles. The van der Waals surface area contributed by atoms with Crippen molar-refractivity contribution in [2.45, 2.75) is 13.3 Å². The summed E-state index contributed by atoms with van der Waals surface area (Å²) >= 11 is 4.81. The molecule has 21 heavy (non-hydrogen) atoms. The summed E-state index contributed by atoms with van der Waals surface area (Å²) in [6, 6.07) is 7.48. The molecule has 0 atom stereocenters. The molecule has 0 fully saturated rings. The van der Waals surface area contributed by atoms with Gasteiger partial charge in [0.2, 0.25) is 0 Å². The third kappa shape index (κ3) is 4.43. The molecule has 3 nitrogen and oxygen atoms in total. The van der Waals surface area contributed by atoms with Crippen molar-refractivity contribution in [3.8, 4) is 11.8 Å². The van der Waals surface area contributed by atoms with Crippen LogP contribution in [0.4, 0.5) is 5.69 Å². The molecule has 0 saturated heterocycles. The van der Waals surface area contributed by atoms with Gasteiger partial charge >= 0.3 is 0 Å². The van der Waals surface area contributed by atoms with Gasteiger partial charge in [-0.25, -0.2) is 0 Å². The highest BCUT2D eigenvalue weighted by molar-refractivity contribution is 9.11. The molecule has 0 radical (unpaired) electrons. The van der Waals surface area contributed by atoms with E-state index in [2.05, 4.69) is 33.1 Å². The standard InChI is InChI=1S/C16H14BrNO2S/c1-11-5-6-14(12(8-11)4-2-3-7-19)18-16(20)13-9-15(17)21-10-13/h5-6,8-10,19H,3,7H2,1H3,(H,18,20). The number of rotatable bonds is 3. The second-order valence-electron chi connectivity index (χ2n) is 4.42. The Morgan fingerprint density at radius 3 is 2.90 bits per heavy atom. The Morgan fingerprint density at radius 2 is 2.24 bits per heavy atom. The quantitative estimate of drug-likeness (QED) is 0.814. The van der Waals surface area contributed by atoms with Crippen LogP contribution in [0.25, 0.3) is 0 Å². The molecule has 0 aliphatic carbocycles. The van der Waals surface area contributed by atoms with Gasteiger partial charge in [0.25, 0.3) is 5.91 Å². The Labute approximate surface area is 136 Å². The Kier molecular flexibility index (Phi) is 5.57. The molecule has 2 N–H and O–H groups in total. The van der Waals surface area contributed by atoms with E-state index in [0.29, 0.717) is 17.7 Å². The number of aliphatic hydroxyl groups is 1. The van der Waals surface area contributed by atoms with E-state index in [1.165, 1.54) is 11.3 Å². The fourth-order valence-electron chi connectivity index (χ4n) is 1.71. The SMILES string of the molecule is Cc1ccc(NC(=O)c2csc(Br)c2)c(C#CCCO)c1. The van der Waals surface area contributed by atoms with Crippen molar-refractivity contribution >= 4 is 38.9 Å². The van der Waals surface area contributed by atoms with Crippen molar-refractivity contribution in [2.75, 3.05) is 11.9 Å². The van der Waals surface area contributed by atoms with E-state index >= 15 is 0 Å². The largest absolute Gasteiger partial charge is 0.395 e. The number of halogens is 1. The van der Waals surface area contributed by atoms with Crippen LogP contribution in [0.15, 0.2) is 33.4 Å².